The monoisotopic (exact) mass is 442 g/mol. The van der Waals surface area contributed by atoms with E-state index in [0.29, 0.717) is 23.1 Å². The molecule has 0 radical (unpaired) electrons. The number of phenols is 2. The van der Waals surface area contributed by atoms with Gasteiger partial charge in [0.25, 0.3) is 0 Å². The molecule has 31 heavy (non-hydrogen) atoms. The van der Waals surface area contributed by atoms with E-state index in [1.54, 1.807) is 18.2 Å². The van der Waals surface area contributed by atoms with Gasteiger partial charge in [0.2, 0.25) is 0 Å². The van der Waals surface area contributed by atoms with E-state index in [-0.39, 0.29) is 59.2 Å². The first kappa shape index (κ1) is 22.6. The molecule has 0 spiro atoms. The zero-order chi connectivity index (χ0) is 21.6. The SMILES string of the molecule is Cc1cc(C#N)ccc1-c1cc(=O)c2c(O)cc(O)c([C@@H]3CCN(C)[C@H]3CO)c2o1.Cl. The number of hydrogen-bond donors (Lipinski definition) is 3. The Balaban J connectivity index is 0.00000272. The maximum absolute atomic E-state index is 12.9. The van der Waals surface area contributed by atoms with Crippen LogP contribution in [0, 0.1) is 18.3 Å². The average Bonchev–Trinajstić information content (AvgIpc) is 3.07. The van der Waals surface area contributed by atoms with E-state index >= 15 is 0 Å². The summed E-state index contributed by atoms with van der Waals surface area (Å²) in [5.41, 5.74) is 2.00. The number of nitrogens with zero attached hydrogens (tertiary/aromatic N) is 2. The fourth-order valence-corrected chi connectivity index (χ4v) is 4.43. The molecule has 0 unspecified atom stereocenters. The third-order valence-corrected chi connectivity index (χ3v) is 6.00. The molecule has 3 aromatic rings. The van der Waals surface area contributed by atoms with Crippen LogP contribution >= 0.6 is 12.4 Å². The van der Waals surface area contributed by atoms with Gasteiger partial charge in [-0.15, -0.1) is 12.4 Å². The molecule has 0 saturated carbocycles. The van der Waals surface area contributed by atoms with Crippen LogP contribution in [0.2, 0.25) is 0 Å². The number of aromatic hydroxyl groups is 2. The Morgan fingerprint density at radius 3 is 2.61 bits per heavy atom. The van der Waals surface area contributed by atoms with Gasteiger partial charge in [-0.25, -0.2) is 0 Å². The molecule has 1 saturated heterocycles. The molecule has 3 N–H and O–H groups in total. The topological polar surface area (TPSA) is 118 Å². The van der Waals surface area contributed by atoms with Crippen molar-refractivity contribution in [3.05, 3.63) is 57.2 Å². The van der Waals surface area contributed by atoms with Gasteiger partial charge < -0.3 is 24.6 Å². The normalized spacial score (nSPS) is 18.6. The molecule has 0 aliphatic carbocycles. The maximum atomic E-state index is 12.9. The first-order valence-electron chi connectivity index (χ1n) is 9.70. The predicted molar refractivity (Wildman–Crippen MR) is 119 cm³/mol. The van der Waals surface area contributed by atoms with Crippen LogP contribution in [-0.2, 0) is 0 Å². The second-order valence-corrected chi connectivity index (χ2v) is 7.77. The number of likely N-dealkylation sites (N-methyl/N-ethyl adjacent to an activating group) is 1. The number of nitriles is 1. The highest BCUT2D eigenvalue weighted by Gasteiger charge is 2.36. The van der Waals surface area contributed by atoms with E-state index in [0.717, 1.165) is 18.2 Å². The molecule has 1 aromatic heterocycles. The van der Waals surface area contributed by atoms with Crippen LogP contribution in [-0.4, -0.2) is 46.5 Å². The number of aliphatic hydroxyl groups is 1. The zero-order valence-electron chi connectivity index (χ0n) is 17.1. The van der Waals surface area contributed by atoms with Crippen molar-refractivity contribution in [1.29, 1.82) is 5.26 Å². The van der Waals surface area contributed by atoms with Gasteiger partial charge in [0.1, 0.15) is 28.2 Å². The van der Waals surface area contributed by atoms with Crippen LogP contribution in [0.1, 0.15) is 29.0 Å². The van der Waals surface area contributed by atoms with Gasteiger partial charge in [-0.05, 0) is 50.7 Å². The Morgan fingerprint density at radius 1 is 1.23 bits per heavy atom. The minimum atomic E-state index is -0.430. The van der Waals surface area contributed by atoms with Gasteiger partial charge in [-0.2, -0.15) is 5.26 Å². The summed E-state index contributed by atoms with van der Waals surface area (Å²) in [5.74, 6) is -0.498. The summed E-state index contributed by atoms with van der Waals surface area (Å²) in [7, 11) is 1.89. The van der Waals surface area contributed by atoms with Crippen molar-refractivity contribution in [3.8, 4) is 28.9 Å². The van der Waals surface area contributed by atoms with E-state index < -0.39 is 5.43 Å². The lowest BCUT2D eigenvalue weighted by Gasteiger charge is -2.24. The fraction of sp³-hybridized carbons (Fsp3) is 0.304. The predicted octanol–water partition coefficient (Wildman–Crippen LogP) is 3.25. The average molecular weight is 443 g/mol. The van der Waals surface area contributed by atoms with Crippen LogP contribution in [0.5, 0.6) is 11.5 Å². The minimum Gasteiger partial charge on any atom is -0.507 e. The molecule has 8 heteroatoms. The van der Waals surface area contributed by atoms with Crippen LogP contribution in [0.15, 0.2) is 39.5 Å². The number of fused-ring (bicyclic) bond motifs is 1. The molecule has 4 rings (SSSR count). The summed E-state index contributed by atoms with van der Waals surface area (Å²) in [6.45, 7) is 2.42. The minimum absolute atomic E-state index is 0. The number of aryl methyl sites for hydroxylation is 1. The molecule has 0 bridgehead atoms. The molecule has 0 amide bonds. The van der Waals surface area contributed by atoms with Gasteiger partial charge in [-0.1, -0.05) is 0 Å². The third-order valence-electron chi connectivity index (χ3n) is 6.00. The summed E-state index contributed by atoms with van der Waals surface area (Å²) in [6, 6.07) is 9.35. The maximum Gasteiger partial charge on any atom is 0.197 e. The highest BCUT2D eigenvalue weighted by Crippen LogP contribution is 2.44. The van der Waals surface area contributed by atoms with Crippen molar-refractivity contribution >= 4 is 23.4 Å². The molecule has 162 valence electrons. The van der Waals surface area contributed by atoms with Crippen LogP contribution in [0.4, 0.5) is 0 Å². The van der Waals surface area contributed by atoms with E-state index in [1.165, 1.54) is 6.07 Å². The lowest BCUT2D eigenvalue weighted by molar-refractivity contribution is 0.172. The van der Waals surface area contributed by atoms with Gasteiger partial charge in [0, 0.05) is 35.2 Å². The quantitative estimate of drug-likeness (QED) is 0.569. The summed E-state index contributed by atoms with van der Waals surface area (Å²) >= 11 is 0. The van der Waals surface area contributed by atoms with Crippen LogP contribution < -0.4 is 5.43 Å². The summed E-state index contributed by atoms with van der Waals surface area (Å²) in [5, 5.41) is 40.0. The number of rotatable bonds is 3. The lowest BCUT2D eigenvalue weighted by atomic mass is 9.89. The van der Waals surface area contributed by atoms with Gasteiger partial charge in [-0.3, -0.25) is 4.79 Å². The molecular formula is C23H23ClN2O5. The van der Waals surface area contributed by atoms with Crippen molar-refractivity contribution in [1.82, 2.24) is 4.90 Å². The first-order valence-corrected chi connectivity index (χ1v) is 9.70. The van der Waals surface area contributed by atoms with E-state index in [1.807, 2.05) is 18.9 Å². The Bertz CT molecular complexity index is 1250. The Hall–Kier alpha value is -3.05. The molecule has 1 aliphatic rings. The van der Waals surface area contributed by atoms with E-state index in [9.17, 15) is 20.1 Å². The lowest BCUT2D eigenvalue weighted by Crippen LogP contribution is -2.32. The smallest absolute Gasteiger partial charge is 0.197 e. The van der Waals surface area contributed by atoms with Crippen LogP contribution in [0.25, 0.3) is 22.3 Å². The van der Waals surface area contributed by atoms with Gasteiger partial charge >= 0.3 is 0 Å². The Labute approximate surface area is 185 Å². The van der Waals surface area contributed by atoms with E-state index in [2.05, 4.69) is 6.07 Å². The summed E-state index contributed by atoms with van der Waals surface area (Å²) in [6.07, 6.45) is 0.666. The van der Waals surface area contributed by atoms with Crippen molar-refractivity contribution in [3.63, 3.8) is 0 Å². The molecular weight excluding hydrogens is 420 g/mol. The third kappa shape index (κ3) is 3.74. The largest absolute Gasteiger partial charge is 0.507 e. The van der Waals surface area contributed by atoms with Gasteiger partial charge in [0.05, 0.1) is 18.2 Å². The molecule has 2 atom stereocenters. The fourth-order valence-electron chi connectivity index (χ4n) is 4.43. The number of benzene rings is 2. The highest BCUT2D eigenvalue weighted by molar-refractivity contribution is 5.90. The second-order valence-electron chi connectivity index (χ2n) is 7.77. The van der Waals surface area contributed by atoms with Crippen molar-refractivity contribution < 1.29 is 19.7 Å². The highest BCUT2D eigenvalue weighted by atomic mass is 35.5. The summed E-state index contributed by atoms with van der Waals surface area (Å²) < 4.78 is 6.11. The molecule has 1 fully saturated rings. The number of phenolic OH excluding ortho intramolecular Hbond substituents is 2. The molecule has 2 aromatic carbocycles. The first-order chi connectivity index (χ1) is 14.3. The van der Waals surface area contributed by atoms with Crippen LogP contribution in [0.3, 0.4) is 0 Å². The standard InChI is InChI=1S/C23H22N2O5.ClH/c1-12-7-13(10-24)3-4-14(12)20-9-19(29)22-18(28)8-17(27)21(23(22)30-20)15-5-6-25(2)16(15)11-26;/h3-4,7-9,15-16,26-28H,5-6,11H2,1-2H3;1H/t15-,16+;/m1./s1. The number of halogens is 1. The number of likely N-dealkylation sites (tertiary alicyclic amines) is 1. The summed E-state index contributed by atoms with van der Waals surface area (Å²) in [4.78, 5) is 14.9. The Kier molecular flexibility index (Phi) is 6.27. The van der Waals surface area contributed by atoms with Gasteiger partial charge in [0.15, 0.2) is 5.43 Å². The zero-order valence-corrected chi connectivity index (χ0v) is 17.9. The van der Waals surface area contributed by atoms with Crippen molar-refractivity contribution in [2.45, 2.75) is 25.3 Å². The molecule has 7 nitrogen and oxygen atoms in total. The number of aliphatic hydroxyl groups excluding tert-OH is 1. The number of hydrogen-bond acceptors (Lipinski definition) is 7. The molecule has 2 heterocycles. The van der Waals surface area contributed by atoms with Crippen molar-refractivity contribution in [2.75, 3.05) is 20.2 Å². The second kappa shape index (κ2) is 8.60. The molecule has 1 aliphatic heterocycles. The van der Waals surface area contributed by atoms with Crippen molar-refractivity contribution in [2.24, 2.45) is 0 Å². The van der Waals surface area contributed by atoms with E-state index in [4.69, 9.17) is 9.68 Å². The Morgan fingerprint density at radius 2 is 1.97 bits per heavy atom.